The molecule has 0 saturated heterocycles. The first-order valence-electron chi connectivity index (χ1n) is 14.9. The number of amides is 1. The molecule has 0 aromatic carbocycles. The minimum atomic E-state index is -3.47. The summed E-state index contributed by atoms with van der Waals surface area (Å²) in [5, 5.41) is 11.6. The molecule has 0 spiro atoms. The van der Waals surface area contributed by atoms with Gasteiger partial charge >= 0.3 is 19.5 Å². The molecule has 10 heteroatoms. The zero-order chi connectivity index (χ0) is 29.7. The van der Waals surface area contributed by atoms with Crippen LogP contribution in [0.25, 0.3) is 0 Å². The van der Waals surface area contributed by atoms with Gasteiger partial charge in [-0.3, -0.25) is 14.2 Å². The van der Waals surface area contributed by atoms with Gasteiger partial charge in [0.25, 0.3) is 0 Å². The highest BCUT2D eigenvalue weighted by atomic mass is 31.2. The maximum atomic E-state index is 12.3. The number of carboxylic acids is 1. The van der Waals surface area contributed by atoms with Crippen LogP contribution in [0, 0.1) is 0 Å². The smallest absolute Gasteiger partial charge is 0.330 e. The third kappa shape index (κ3) is 21.0. The Morgan fingerprint density at radius 2 is 1.28 bits per heavy atom. The number of hydrogen-bond donors (Lipinski definition) is 3. The Balaban J connectivity index is 3.87. The molecule has 230 valence electrons. The van der Waals surface area contributed by atoms with Crippen LogP contribution in [0.2, 0.25) is 0 Å². The predicted octanol–water partition coefficient (Wildman–Crippen LogP) is 7.14. The van der Waals surface area contributed by atoms with Crippen LogP contribution in [0.5, 0.6) is 0 Å². The van der Waals surface area contributed by atoms with Gasteiger partial charge < -0.3 is 24.6 Å². The SMILES string of the molecule is CCCC(CCCCCCCCCCCCCCC(=O)NC(CCC(=O)O)C(=O)OC(C)(C)C)P(=O)(O)OC. The standard InChI is InChI=1S/C29H56NO8P/c1-6-19-24(39(35,36)37-5)20-17-15-13-11-9-7-8-10-12-14-16-18-21-26(31)30-25(22-23-27(32)33)28(34)38-29(2,3)4/h24-25H,6-23H2,1-5H3,(H,30,31)(H,32,33)(H,35,36). The van der Waals surface area contributed by atoms with Gasteiger partial charge in [0.2, 0.25) is 5.91 Å². The van der Waals surface area contributed by atoms with Gasteiger partial charge in [-0.15, -0.1) is 0 Å². The molecule has 0 bridgehead atoms. The second kappa shape index (κ2) is 21.3. The maximum absolute atomic E-state index is 12.3. The van der Waals surface area contributed by atoms with E-state index >= 15 is 0 Å². The van der Waals surface area contributed by atoms with Crippen LogP contribution in [-0.2, 0) is 28.2 Å². The number of unbranched alkanes of at least 4 members (excludes halogenated alkanes) is 11. The summed E-state index contributed by atoms with van der Waals surface area (Å²) in [6, 6.07) is -0.944. The molecule has 0 rings (SSSR count). The zero-order valence-corrected chi connectivity index (χ0v) is 26.1. The molecular weight excluding hydrogens is 521 g/mol. The molecule has 0 aromatic rings. The quantitative estimate of drug-likeness (QED) is 0.0625. The molecule has 0 radical (unpaired) electrons. The van der Waals surface area contributed by atoms with E-state index in [2.05, 4.69) is 5.32 Å². The molecule has 39 heavy (non-hydrogen) atoms. The highest BCUT2D eigenvalue weighted by Crippen LogP contribution is 2.50. The first-order chi connectivity index (χ1) is 18.3. The van der Waals surface area contributed by atoms with E-state index in [-0.39, 0.29) is 24.4 Å². The third-order valence-corrected chi connectivity index (χ3v) is 8.67. The molecule has 9 nitrogen and oxygen atoms in total. The van der Waals surface area contributed by atoms with E-state index in [1.54, 1.807) is 20.8 Å². The van der Waals surface area contributed by atoms with Gasteiger partial charge in [-0.2, -0.15) is 0 Å². The van der Waals surface area contributed by atoms with E-state index < -0.39 is 31.2 Å². The van der Waals surface area contributed by atoms with Crippen LogP contribution in [0.1, 0.15) is 143 Å². The molecule has 1 amide bonds. The fourth-order valence-corrected chi connectivity index (χ4v) is 5.93. The number of ether oxygens (including phenoxy) is 1. The molecule has 0 aliphatic heterocycles. The van der Waals surface area contributed by atoms with Crippen molar-refractivity contribution < 1.29 is 38.2 Å². The van der Waals surface area contributed by atoms with Crippen molar-refractivity contribution in [3.05, 3.63) is 0 Å². The Hall–Kier alpha value is -1.44. The van der Waals surface area contributed by atoms with Gasteiger partial charge in [-0.1, -0.05) is 84.0 Å². The number of carbonyl (C=O) groups excluding carboxylic acids is 2. The minimum Gasteiger partial charge on any atom is -0.481 e. The van der Waals surface area contributed by atoms with E-state index in [4.69, 9.17) is 14.4 Å². The number of carboxylic acid groups (broad SMARTS) is 1. The molecule has 0 saturated carbocycles. The van der Waals surface area contributed by atoms with Gasteiger partial charge in [0.1, 0.15) is 11.6 Å². The van der Waals surface area contributed by atoms with Crippen molar-refractivity contribution in [3.63, 3.8) is 0 Å². The maximum Gasteiger partial charge on any atom is 0.330 e. The summed E-state index contributed by atoms with van der Waals surface area (Å²) >= 11 is 0. The molecule has 3 unspecified atom stereocenters. The van der Waals surface area contributed by atoms with Crippen LogP contribution >= 0.6 is 7.60 Å². The van der Waals surface area contributed by atoms with Crippen LogP contribution in [0.3, 0.4) is 0 Å². The molecule has 0 fully saturated rings. The summed E-state index contributed by atoms with van der Waals surface area (Å²) in [4.78, 5) is 45.5. The van der Waals surface area contributed by atoms with Crippen molar-refractivity contribution >= 4 is 25.4 Å². The van der Waals surface area contributed by atoms with E-state index in [0.29, 0.717) is 6.42 Å². The lowest BCUT2D eigenvalue weighted by atomic mass is 10.0. The Bertz CT molecular complexity index is 737. The van der Waals surface area contributed by atoms with Crippen LogP contribution in [0.4, 0.5) is 0 Å². The fraction of sp³-hybridized carbons (Fsp3) is 0.897. The lowest BCUT2D eigenvalue weighted by molar-refractivity contribution is -0.159. The highest BCUT2D eigenvalue weighted by Gasteiger charge is 2.30. The molecular formula is C29H56NO8P. The first-order valence-corrected chi connectivity index (χ1v) is 16.6. The summed E-state index contributed by atoms with van der Waals surface area (Å²) < 4.78 is 22.2. The second-order valence-corrected chi connectivity index (χ2v) is 13.8. The summed E-state index contributed by atoms with van der Waals surface area (Å²) in [7, 11) is -2.14. The van der Waals surface area contributed by atoms with Crippen molar-refractivity contribution in [2.24, 2.45) is 0 Å². The third-order valence-electron chi connectivity index (χ3n) is 6.71. The Kier molecular flexibility index (Phi) is 20.5. The second-order valence-electron chi connectivity index (χ2n) is 11.6. The molecule has 0 aromatic heterocycles. The summed E-state index contributed by atoms with van der Waals surface area (Å²) in [5.41, 5.74) is -0.944. The van der Waals surface area contributed by atoms with Crippen molar-refractivity contribution in [3.8, 4) is 0 Å². The molecule has 0 heterocycles. The zero-order valence-electron chi connectivity index (χ0n) is 25.2. The Labute approximate surface area is 236 Å². The van der Waals surface area contributed by atoms with Gasteiger partial charge in [0.15, 0.2) is 0 Å². The largest absolute Gasteiger partial charge is 0.481 e. The number of hydrogen-bond acceptors (Lipinski definition) is 6. The minimum absolute atomic E-state index is 0.0106. The summed E-state index contributed by atoms with van der Waals surface area (Å²) in [5.74, 6) is -1.87. The van der Waals surface area contributed by atoms with Crippen molar-refractivity contribution in [2.75, 3.05) is 7.11 Å². The van der Waals surface area contributed by atoms with E-state index in [1.807, 2.05) is 6.92 Å². The lowest BCUT2D eigenvalue weighted by Crippen LogP contribution is -2.44. The molecule has 0 aliphatic carbocycles. The van der Waals surface area contributed by atoms with Crippen molar-refractivity contribution in [1.29, 1.82) is 0 Å². The Morgan fingerprint density at radius 1 is 0.795 bits per heavy atom. The lowest BCUT2D eigenvalue weighted by Gasteiger charge is -2.24. The van der Waals surface area contributed by atoms with Crippen molar-refractivity contribution in [2.45, 2.75) is 161 Å². The summed E-state index contributed by atoms with van der Waals surface area (Å²) in [6.07, 6.45) is 15.6. The number of esters is 1. The number of aliphatic carboxylic acids is 1. The predicted molar refractivity (Wildman–Crippen MR) is 155 cm³/mol. The fourth-order valence-electron chi connectivity index (χ4n) is 4.54. The number of nitrogens with one attached hydrogen (secondary N) is 1. The van der Waals surface area contributed by atoms with Gasteiger partial charge in [0, 0.05) is 20.0 Å². The number of carbonyl (C=O) groups is 3. The van der Waals surface area contributed by atoms with Crippen LogP contribution < -0.4 is 5.32 Å². The average molecular weight is 578 g/mol. The molecule has 3 atom stereocenters. The molecule has 3 N–H and O–H groups in total. The summed E-state index contributed by atoms with van der Waals surface area (Å²) in [6.45, 7) is 7.22. The van der Waals surface area contributed by atoms with Gasteiger partial charge in [0.05, 0.1) is 5.66 Å². The van der Waals surface area contributed by atoms with Gasteiger partial charge in [-0.05, 0) is 46.5 Å². The highest BCUT2D eigenvalue weighted by molar-refractivity contribution is 7.53. The monoisotopic (exact) mass is 577 g/mol. The van der Waals surface area contributed by atoms with Gasteiger partial charge in [-0.25, -0.2) is 4.79 Å². The normalized spacial score (nSPS) is 14.8. The topological polar surface area (TPSA) is 139 Å². The first kappa shape index (κ1) is 37.6. The van der Waals surface area contributed by atoms with Crippen molar-refractivity contribution in [1.82, 2.24) is 5.32 Å². The average Bonchev–Trinajstić information content (AvgIpc) is 2.84. The van der Waals surface area contributed by atoms with E-state index in [1.165, 1.54) is 39.2 Å². The molecule has 0 aliphatic rings. The number of rotatable bonds is 24. The van der Waals surface area contributed by atoms with Crippen LogP contribution in [0.15, 0.2) is 0 Å². The van der Waals surface area contributed by atoms with Crippen LogP contribution in [-0.4, -0.2) is 52.3 Å². The Morgan fingerprint density at radius 3 is 1.72 bits per heavy atom. The van der Waals surface area contributed by atoms with E-state index in [0.717, 1.165) is 64.2 Å². The van der Waals surface area contributed by atoms with E-state index in [9.17, 15) is 23.8 Å².